The fourth-order valence-electron chi connectivity index (χ4n) is 3.79. The van der Waals surface area contributed by atoms with E-state index >= 15 is 0 Å². The molecule has 2 aromatic rings. The topological polar surface area (TPSA) is 42.4 Å². The van der Waals surface area contributed by atoms with Gasteiger partial charge in [0.2, 0.25) is 0 Å². The molecule has 132 valence electrons. The molecule has 0 radical (unpaired) electrons. The number of rotatable bonds is 4. The molecule has 0 aromatic carbocycles. The minimum Gasteiger partial charge on any atom is -0.370 e. The van der Waals surface area contributed by atoms with Gasteiger partial charge in [0.15, 0.2) is 0 Å². The zero-order valence-electron chi connectivity index (χ0n) is 14.4. The number of aromatic nitrogens is 1. The van der Waals surface area contributed by atoms with Crippen molar-refractivity contribution in [1.29, 1.82) is 0 Å². The van der Waals surface area contributed by atoms with Crippen molar-refractivity contribution in [2.45, 2.75) is 51.2 Å². The van der Waals surface area contributed by atoms with Gasteiger partial charge in [-0.3, -0.25) is 9.78 Å². The molecule has 3 heterocycles. The molecule has 0 unspecified atom stereocenters. The maximum absolute atomic E-state index is 13.0. The third-order valence-electron chi connectivity index (χ3n) is 5.16. The molecular formula is C20H24N2O2S. The third-order valence-corrected chi connectivity index (χ3v) is 6.22. The number of hydrogen-bond donors (Lipinski definition) is 0. The molecule has 25 heavy (non-hydrogen) atoms. The molecule has 0 N–H and O–H groups in total. The number of hydrogen-bond acceptors (Lipinski definition) is 4. The second-order valence-electron chi connectivity index (χ2n) is 6.92. The van der Waals surface area contributed by atoms with E-state index in [1.807, 2.05) is 23.1 Å². The number of pyridine rings is 1. The van der Waals surface area contributed by atoms with Crippen molar-refractivity contribution >= 4 is 17.2 Å². The molecular weight excluding hydrogens is 332 g/mol. The largest absolute Gasteiger partial charge is 0.370 e. The van der Waals surface area contributed by atoms with E-state index in [1.165, 1.54) is 24.0 Å². The van der Waals surface area contributed by atoms with Crippen LogP contribution in [-0.2, 0) is 24.2 Å². The highest BCUT2D eigenvalue weighted by molar-refractivity contribution is 7.12. The Morgan fingerprint density at radius 2 is 2.20 bits per heavy atom. The van der Waals surface area contributed by atoms with Gasteiger partial charge in [0.25, 0.3) is 5.91 Å². The van der Waals surface area contributed by atoms with Crippen LogP contribution in [0, 0.1) is 0 Å². The van der Waals surface area contributed by atoms with E-state index in [1.54, 1.807) is 17.5 Å². The molecule has 1 saturated heterocycles. The van der Waals surface area contributed by atoms with Gasteiger partial charge in [0.1, 0.15) is 0 Å². The van der Waals surface area contributed by atoms with Crippen molar-refractivity contribution in [1.82, 2.24) is 9.88 Å². The third kappa shape index (κ3) is 3.77. The van der Waals surface area contributed by atoms with Crippen LogP contribution in [0.5, 0.6) is 0 Å². The standard InChI is InChI=1S/C20H24N2O2S/c23-20(19-18-9-2-1-6-15(18)14-25-19)22-11-5-8-17(12-22)24-13-16-7-3-4-10-21-16/h3-4,7,10,14,17H,1-2,5-6,8-9,11-13H2/t17-/m0/s1. The Bertz CT molecular complexity index is 729. The van der Waals surface area contributed by atoms with Gasteiger partial charge < -0.3 is 9.64 Å². The lowest BCUT2D eigenvalue weighted by molar-refractivity contribution is -0.00775. The first-order chi connectivity index (χ1) is 12.3. The zero-order valence-corrected chi connectivity index (χ0v) is 15.3. The van der Waals surface area contributed by atoms with Gasteiger partial charge in [-0.05, 0) is 67.2 Å². The molecule has 1 aliphatic heterocycles. The Morgan fingerprint density at radius 1 is 1.28 bits per heavy atom. The van der Waals surface area contributed by atoms with E-state index < -0.39 is 0 Å². The average Bonchev–Trinajstić information content (AvgIpc) is 3.11. The molecule has 0 spiro atoms. The van der Waals surface area contributed by atoms with Crippen molar-refractivity contribution in [2.24, 2.45) is 0 Å². The van der Waals surface area contributed by atoms with Crippen LogP contribution in [0.1, 0.15) is 52.2 Å². The van der Waals surface area contributed by atoms with E-state index in [0.29, 0.717) is 13.2 Å². The van der Waals surface area contributed by atoms with Crippen LogP contribution in [0.25, 0.3) is 0 Å². The first-order valence-electron chi connectivity index (χ1n) is 9.21. The molecule has 0 saturated carbocycles. The van der Waals surface area contributed by atoms with Gasteiger partial charge in [-0.15, -0.1) is 11.3 Å². The minimum absolute atomic E-state index is 0.107. The Hall–Kier alpha value is -1.72. The molecule has 4 nitrogen and oxygen atoms in total. The number of nitrogens with zero attached hydrogens (tertiary/aromatic N) is 2. The molecule has 0 bridgehead atoms. The van der Waals surface area contributed by atoms with Crippen LogP contribution in [0.2, 0.25) is 0 Å². The summed E-state index contributed by atoms with van der Waals surface area (Å²) >= 11 is 1.64. The number of carbonyl (C=O) groups is 1. The molecule has 1 aliphatic carbocycles. The van der Waals surface area contributed by atoms with Gasteiger partial charge >= 0.3 is 0 Å². The molecule has 1 atom stereocenters. The first-order valence-corrected chi connectivity index (χ1v) is 10.1. The summed E-state index contributed by atoms with van der Waals surface area (Å²) in [6.07, 6.45) is 8.57. The fourth-order valence-corrected chi connectivity index (χ4v) is 4.91. The first kappa shape index (κ1) is 16.7. The summed E-state index contributed by atoms with van der Waals surface area (Å²) in [5.74, 6) is 0.208. The Kier molecular flexibility index (Phi) is 5.13. The van der Waals surface area contributed by atoms with Gasteiger partial charge in [0.05, 0.1) is 23.3 Å². The summed E-state index contributed by atoms with van der Waals surface area (Å²) in [6.45, 7) is 2.05. The monoisotopic (exact) mass is 356 g/mol. The summed E-state index contributed by atoms with van der Waals surface area (Å²) in [4.78, 5) is 20.3. The number of ether oxygens (including phenoxy) is 1. The van der Waals surface area contributed by atoms with Crippen LogP contribution >= 0.6 is 11.3 Å². The lowest BCUT2D eigenvalue weighted by Crippen LogP contribution is -2.43. The average molecular weight is 356 g/mol. The molecule has 4 rings (SSSR count). The minimum atomic E-state index is 0.107. The molecule has 5 heteroatoms. The normalized spacial score (nSPS) is 20.3. The van der Waals surface area contributed by atoms with Crippen LogP contribution < -0.4 is 0 Å². The van der Waals surface area contributed by atoms with E-state index in [0.717, 1.165) is 42.8 Å². The predicted octanol–water partition coefficient (Wildman–Crippen LogP) is 3.84. The lowest BCUT2D eigenvalue weighted by Gasteiger charge is -2.32. The highest BCUT2D eigenvalue weighted by Crippen LogP contribution is 2.31. The van der Waals surface area contributed by atoms with E-state index in [-0.39, 0.29) is 12.0 Å². The number of carbonyl (C=O) groups excluding carboxylic acids is 1. The second kappa shape index (κ2) is 7.67. The Morgan fingerprint density at radius 3 is 3.08 bits per heavy atom. The predicted molar refractivity (Wildman–Crippen MR) is 98.9 cm³/mol. The molecule has 2 aliphatic rings. The maximum atomic E-state index is 13.0. The molecule has 1 amide bonds. The smallest absolute Gasteiger partial charge is 0.264 e. The van der Waals surface area contributed by atoms with Crippen LogP contribution in [0.3, 0.4) is 0 Å². The van der Waals surface area contributed by atoms with Gasteiger partial charge in [0, 0.05) is 19.3 Å². The summed E-state index contributed by atoms with van der Waals surface area (Å²) in [6, 6.07) is 5.86. The number of fused-ring (bicyclic) bond motifs is 1. The van der Waals surface area contributed by atoms with Crippen LogP contribution in [-0.4, -0.2) is 35.0 Å². The number of aryl methyl sites for hydroxylation is 1. The highest BCUT2D eigenvalue weighted by Gasteiger charge is 2.28. The summed E-state index contributed by atoms with van der Waals surface area (Å²) in [5.41, 5.74) is 3.66. The number of thiophene rings is 1. The van der Waals surface area contributed by atoms with E-state index in [9.17, 15) is 4.79 Å². The fraction of sp³-hybridized carbons (Fsp3) is 0.500. The van der Waals surface area contributed by atoms with Crippen LogP contribution in [0.4, 0.5) is 0 Å². The van der Waals surface area contributed by atoms with Gasteiger partial charge in [-0.2, -0.15) is 0 Å². The number of amides is 1. The van der Waals surface area contributed by atoms with E-state index in [4.69, 9.17) is 4.74 Å². The quantitative estimate of drug-likeness (QED) is 0.836. The van der Waals surface area contributed by atoms with Crippen molar-refractivity contribution in [3.05, 3.63) is 51.5 Å². The second-order valence-corrected chi connectivity index (χ2v) is 7.80. The molecule has 2 aromatic heterocycles. The van der Waals surface area contributed by atoms with Crippen molar-refractivity contribution in [3.8, 4) is 0 Å². The van der Waals surface area contributed by atoms with Gasteiger partial charge in [-0.25, -0.2) is 0 Å². The summed E-state index contributed by atoms with van der Waals surface area (Å²) in [7, 11) is 0. The lowest BCUT2D eigenvalue weighted by atomic mass is 9.93. The van der Waals surface area contributed by atoms with E-state index in [2.05, 4.69) is 10.4 Å². The summed E-state index contributed by atoms with van der Waals surface area (Å²) in [5, 5.41) is 2.20. The zero-order chi connectivity index (χ0) is 17.1. The Labute approximate surface area is 152 Å². The summed E-state index contributed by atoms with van der Waals surface area (Å²) < 4.78 is 6.03. The molecule has 1 fully saturated rings. The van der Waals surface area contributed by atoms with Crippen molar-refractivity contribution in [3.63, 3.8) is 0 Å². The number of likely N-dealkylation sites (tertiary alicyclic amines) is 1. The highest BCUT2D eigenvalue weighted by atomic mass is 32.1. The Balaban J connectivity index is 1.39. The SMILES string of the molecule is O=C(c1scc2c1CCCC2)N1CCC[C@H](OCc2ccccn2)C1. The maximum Gasteiger partial charge on any atom is 0.264 e. The van der Waals surface area contributed by atoms with Gasteiger partial charge in [-0.1, -0.05) is 6.07 Å². The van der Waals surface area contributed by atoms with Crippen molar-refractivity contribution < 1.29 is 9.53 Å². The van der Waals surface area contributed by atoms with Crippen LogP contribution in [0.15, 0.2) is 29.8 Å². The number of piperidine rings is 1. The van der Waals surface area contributed by atoms with Crippen molar-refractivity contribution in [2.75, 3.05) is 13.1 Å².